The molecule has 2 aliphatic heterocycles. The van der Waals surface area contributed by atoms with Crippen molar-refractivity contribution in [1.82, 2.24) is 9.88 Å². The van der Waals surface area contributed by atoms with E-state index in [-0.39, 0.29) is 0 Å². The van der Waals surface area contributed by atoms with Gasteiger partial charge in [-0.05, 0) is 25.2 Å². The highest BCUT2D eigenvalue weighted by atomic mass is 16.5. The summed E-state index contributed by atoms with van der Waals surface area (Å²) in [6.07, 6.45) is 3.69. The van der Waals surface area contributed by atoms with Crippen LogP contribution in [0.3, 0.4) is 0 Å². The molecule has 3 heterocycles. The third kappa shape index (κ3) is 4.65. The predicted molar refractivity (Wildman–Crippen MR) is 115 cm³/mol. The Morgan fingerprint density at radius 1 is 1.07 bits per heavy atom. The van der Waals surface area contributed by atoms with E-state index >= 15 is 0 Å². The van der Waals surface area contributed by atoms with Gasteiger partial charge in [0.2, 0.25) is 5.82 Å². The van der Waals surface area contributed by atoms with Gasteiger partial charge in [0.1, 0.15) is 11.6 Å². The van der Waals surface area contributed by atoms with Crippen LogP contribution in [-0.4, -0.2) is 62.0 Å². The molecule has 8 heteroatoms. The van der Waals surface area contributed by atoms with Gasteiger partial charge in [0.25, 0.3) is 6.54 Å². The van der Waals surface area contributed by atoms with Crippen LogP contribution >= 0.6 is 0 Å². The lowest BCUT2D eigenvalue weighted by molar-refractivity contribution is -0.512. The van der Waals surface area contributed by atoms with Gasteiger partial charge in [-0.3, -0.25) is 0 Å². The Hall–Kier alpha value is -3.13. The summed E-state index contributed by atoms with van der Waals surface area (Å²) >= 11 is 0. The molecule has 1 fully saturated rings. The first kappa shape index (κ1) is 19.2. The molecule has 0 amide bonds. The fourth-order valence-corrected chi connectivity index (χ4v) is 3.39. The molecule has 2 N–H and O–H groups in total. The molecule has 0 unspecified atom stereocenters. The molecule has 0 aliphatic carbocycles. The Kier molecular flexibility index (Phi) is 5.62. The van der Waals surface area contributed by atoms with E-state index in [0.29, 0.717) is 0 Å². The number of hydrogen-bond donors (Lipinski definition) is 2. The second-order valence-corrected chi connectivity index (χ2v) is 7.23. The summed E-state index contributed by atoms with van der Waals surface area (Å²) in [6.45, 7) is 6.09. The number of methoxy groups -OCH3 is 1. The van der Waals surface area contributed by atoms with Crippen molar-refractivity contribution in [2.75, 3.05) is 62.9 Å². The molecular formula is C21H27N7O+. The van der Waals surface area contributed by atoms with Crippen LogP contribution in [0.4, 0.5) is 22.9 Å². The van der Waals surface area contributed by atoms with Crippen LogP contribution in [0, 0.1) is 6.54 Å². The zero-order chi connectivity index (χ0) is 20.2. The maximum atomic E-state index is 5.64. The number of hydrogen-bond acceptors (Lipinski definition) is 7. The first-order valence-corrected chi connectivity index (χ1v) is 9.72. The minimum absolute atomic E-state index is 0.733. The van der Waals surface area contributed by atoms with Crippen molar-refractivity contribution in [3.05, 3.63) is 55.0 Å². The van der Waals surface area contributed by atoms with E-state index in [4.69, 9.17) is 4.74 Å². The molecule has 0 spiro atoms. The van der Waals surface area contributed by atoms with Crippen molar-refractivity contribution in [3.8, 4) is 5.75 Å². The molecule has 2 aliphatic rings. The highest BCUT2D eigenvalue weighted by Crippen LogP contribution is 2.32. The average molecular weight is 393 g/mol. The number of nitrogens with one attached hydrogen (secondary N) is 2. The number of rotatable bonds is 6. The average Bonchev–Trinajstić information content (AvgIpc) is 3.14. The Bertz CT molecular complexity index is 932. The van der Waals surface area contributed by atoms with E-state index in [1.165, 1.54) is 5.69 Å². The van der Waals surface area contributed by atoms with Crippen LogP contribution in [0.5, 0.6) is 5.75 Å². The van der Waals surface area contributed by atoms with Crippen LogP contribution in [0.25, 0.3) is 0 Å². The molecule has 0 saturated carbocycles. The number of aromatic nitrogens is 1. The Balaban J connectivity index is 1.48. The van der Waals surface area contributed by atoms with Gasteiger partial charge in [0, 0.05) is 67.1 Å². The van der Waals surface area contributed by atoms with Crippen LogP contribution in [0.2, 0.25) is 0 Å². The molecular weight excluding hydrogens is 366 g/mol. The van der Waals surface area contributed by atoms with Gasteiger partial charge < -0.3 is 25.2 Å². The number of pyridine rings is 1. The van der Waals surface area contributed by atoms with E-state index in [0.717, 1.165) is 54.9 Å². The monoisotopic (exact) mass is 393 g/mol. The number of benzene rings is 1. The second kappa shape index (κ2) is 8.48. The first-order chi connectivity index (χ1) is 14.1. The zero-order valence-electron chi connectivity index (χ0n) is 17.1. The first-order valence-electron chi connectivity index (χ1n) is 9.72. The van der Waals surface area contributed by atoms with Gasteiger partial charge in [-0.1, -0.05) is 0 Å². The maximum absolute atomic E-state index is 5.64. The summed E-state index contributed by atoms with van der Waals surface area (Å²) in [5, 5.41) is 11.0. The highest BCUT2D eigenvalue weighted by molar-refractivity contribution is 5.70. The number of ether oxygens (including phenoxy) is 1. The Labute approximate surface area is 171 Å². The maximum Gasteiger partial charge on any atom is 0.267 e. The Morgan fingerprint density at radius 3 is 2.62 bits per heavy atom. The van der Waals surface area contributed by atoms with Crippen LogP contribution in [0.15, 0.2) is 53.5 Å². The minimum Gasteiger partial charge on any atom is -0.494 e. The van der Waals surface area contributed by atoms with Crippen molar-refractivity contribution >= 4 is 22.9 Å². The van der Waals surface area contributed by atoms with Crippen molar-refractivity contribution in [1.29, 1.82) is 0 Å². The smallest absolute Gasteiger partial charge is 0.267 e. The molecule has 1 saturated heterocycles. The lowest BCUT2D eigenvalue weighted by Crippen LogP contribution is -2.44. The van der Waals surface area contributed by atoms with Crippen molar-refractivity contribution in [2.45, 2.75) is 0 Å². The number of azo groups is 2. The van der Waals surface area contributed by atoms with Crippen molar-refractivity contribution < 1.29 is 9.43 Å². The Morgan fingerprint density at radius 2 is 1.90 bits per heavy atom. The van der Waals surface area contributed by atoms with E-state index in [1.807, 2.05) is 37.9 Å². The standard InChI is InChI=1S/C21H27N7O/c1-26-10-12-28(13-11-26)17-4-5-18(19(15-17)29-3)24-21-14-16(6-8-22-21)23-20-7-9-27(2)25-20/h4-9,14-15H,10-13H2,1-3H3,(H2,22,23,24)/q+1. The van der Waals surface area contributed by atoms with E-state index in [2.05, 4.69) is 49.7 Å². The third-order valence-corrected chi connectivity index (χ3v) is 5.06. The van der Waals surface area contributed by atoms with Crippen LogP contribution < -0.4 is 20.3 Å². The molecule has 1 radical (unpaired) electrons. The van der Waals surface area contributed by atoms with Gasteiger partial charge in [-0.2, -0.15) is 0 Å². The normalized spacial score (nSPS) is 17.0. The topological polar surface area (TPSA) is 68.0 Å². The zero-order valence-corrected chi connectivity index (χ0v) is 17.1. The summed E-state index contributed by atoms with van der Waals surface area (Å²) in [6, 6.07) is 10.1. The number of nitrogens with zero attached hydrogens (tertiary/aromatic N) is 5. The molecule has 151 valence electrons. The molecule has 1 aromatic heterocycles. The lowest BCUT2D eigenvalue weighted by atomic mass is 10.2. The molecule has 29 heavy (non-hydrogen) atoms. The van der Waals surface area contributed by atoms with Gasteiger partial charge in [0.05, 0.1) is 12.8 Å². The largest absolute Gasteiger partial charge is 0.494 e. The quantitative estimate of drug-likeness (QED) is 0.735. The molecule has 2 aromatic rings. The fraction of sp³-hybridized carbons (Fsp3) is 0.333. The van der Waals surface area contributed by atoms with E-state index < -0.39 is 0 Å². The summed E-state index contributed by atoms with van der Waals surface area (Å²) in [5.41, 5.74) is 2.97. The lowest BCUT2D eigenvalue weighted by Gasteiger charge is -2.34. The molecule has 0 bridgehead atoms. The van der Waals surface area contributed by atoms with E-state index in [9.17, 15) is 0 Å². The molecule has 4 rings (SSSR count). The number of likely N-dealkylation sites (N-methyl/N-ethyl adjacent to an activating group) is 2. The highest BCUT2D eigenvalue weighted by Gasteiger charge is 2.16. The van der Waals surface area contributed by atoms with Crippen LogP contribution in [0.1, 0.15) is 0 Å². The predicted octanol–water partition coefficient (Wildman–Crippen LogP) is 3.11. The van der Waals surface area contributed by atoms with Gasteiger partial charge in [0.15, 0.2) is 7.05 Å². The van der Waals surface area contributed by atoms with Crippen molar-refractivity contribution in [3.63, 3.8) is 0 Å². The van der Waals surface area contributed by atoms with E-state index in [1.54, 1.807) is 18.0 Å². The summed E-state index contributed by atoms with van der Waals surface area (Å²) in [5.74, 6) is 2.32. The van der Waals surface area contributed by atoms with Crippen molar-refractivity contribution in [2.24, 2.45) is 5.11 Å². The van der Waals surface area contributed by atoms with Gasteiger partial charge in [-0.15, -0.1) is 4.70 Å². The summed E-state index contributed by atoms with van der Waals surface area (Å²) in [4.78, 5) is 9.17. The summed E-state index contributed by atoms with van der Waals surface area (Å²) < 4.78 is 7.40. The number of piperazine rings is 1. The number of anilines is 4. The second-order valence-electron chi connectivity index (χ2n) is 7.23. The molecule has 1 aromatic carbocycles. The third-order valence-electron chi connectivity index (χ3n) is 5.06. The fourth-order valence-electron chi connectivity index (χ4n) is 3.39. The molecule has 8 nitrogen and oxygen atoms in total. The SMILES string of the molecule is COc1cc(N2CCN(C)CC2)ccc1Nc1cc(NC2=C[CH][N+](C)=N2)ccn1. The van der Waals surface area contributed by atoms with Gasteiger partial charge >= 0.3 is 0 Å². The molecule has 0 atom stereocenters. The van der Waals surface area contributed by atoms with Gasteiger partial charge in [-0.25, -0.2) is 4.98 Å². The summed E-state index contributed by atoms with van der Waals surface area (Å²) in [7, 11) is 5.75. The minimum atomic E-state index is 0.733. The van der Waals surface area contributed by atoms with Crippen LogP contribution in [-0.2, 0) is 0 Å².